The van der Waals surface area contributed by atoms with Crippen molar-refractivity contribution in [2.75, 3.05) is 20.2 Å². The maximum Gasteiger partial charge on any atom is 0.250 e. The molecule has 7 heteroatoms. The van der Waals surface area contributed by atoms with Crippen LogP contribution in [0.5, 0.6) is 0 Å². The first-order valence-electron chi connectivity index (χ1n) is 5.31. The molecule has 0 aliphatic rings. The molecule has 3 N–H and O–H groups in total. The van der Waals surface area contributed by atoms with Crippen molar-refractivity contribution >= 4 is 21.4 Å². The molecule has 0 radical (unpaired) electrons. The van der Waals surface area contributed by atoms with E-state index in [0.717, 1.165) is 4.88 Å². The topological polar surface area (TPSA) is 81.4 Å². The van der Waals surface area contributed by atoms with Gasteiger partial charge in [-0.05, 0) is 32.0 Å². The van der Waals surface area contributed by atoms with Crippen molar-refractivity contribution in [2.24, 2.45) is 5.73 Å². The molecule has 1 aromatic heterocycles. The summed E-state index contributed by atoms with van der Waals surface area (Å²) in [6, 6.07) is 3.40. The molecule has 1 atom stereocenters. The average molecular weight is 278 g/mol. The van der Waals surface area contributed by atoms with Crippen molar-refractivity contribution in [3.63, 3.8) is 0 Å². The lowest BCUT2D eigenvalue weighted by Gasteiger charge is -2.10. The smallest absolute Gasteiger partial charge is 0.250 e. The van der Waals surface area contributed by atoms with Crippen LogP contribution in [0.15, 0.2) is 16.3 Å². The predicted molar refractivity (Wildman–Crippen MR) is 68.7 cm³/mol. The molecule has 0 saturated heterocycles. The Hall–Kier alpha value is -0.470. The Bertz CT molecular complexity index is 442. The summed E-state index contributed by atoms with van der Waals surface area (Å²) in [6.45, 7) is 2.59. The lowest BCUT2D eigenvalue weighted by atomic mass is 10.3. The molecule has 1 rings (SSSR count). The van der Waals surface area contributed by atoms with Gasteiger partial charge in [0.2, 0.25) is 10.0 Å². The molecule has 0 spiro atoms. The Balaban J connectivity index is 2.68. The van der Waals surface area contributed by atoms with E-state index in [2.05, 4.69) is 4.72 Å². The second-order valence-corrected chi connectivity index (χ2v) is 6.82. The fraction of sp³-hybridized carbons (Fsp3) is 0.600. The number of thiophene rings is 1. The van der Waals surface area contributed by atoms with Crippen LogP contribution in [-0.2, 0) is 21.2 Å². The molecule has 98 valence electrons. The highest BCUT2D eigenvalue weighted by Crippen LogP contribution is 2.21. The summed E-state index contributed by atoms with van der Waals surface area (Å²) in [6.07, 6.45) is 0.558. The predicted octanol–water partition coefficient (Wildman–Crippen LogP) is 0.562. The molecule has 0 fully saturated rings. The second kappa shape index (κ2) is 6.46. The van der Waals surface area contributed by atoms with Gasteiger partial charge in [0, 0.05) is 18.5 Å². The minimum absolute atomic E-state index is 0.145. The fourth-order valence-electron chi connectivity index (χ4n) is 1.16. The number of nitrogens with one attached hydrogen (secondary N) is 1. The van der Waals surface area contributed by atoms with E-state index in [1.54, 1.807) is 26.2 Å². The molecular formula is C10H18N2O3S2. The lowest BCUT2D eigenvalue weighted by Crippen LogP contribution is -2.31. The minimum atomic E-state index is -3.42. The van der Waals surface area contributed by atoms with Gasteiger partial charge in [-0.2, -0.15) is 0 Å². The zero-order valence-corrected chi connectivity index (χ0v) is 11.6. The molecule has 17 heavy (non-hydrogen) atoms. The van der Waals surface area contributed by atoms with Crippen LogP contribution in [0, 0.1) is 0 Å². The second-order valence-electron chi connectivity index (χ2n) is 3.66. The Kier molecular flexibility index (Phi) is 5.54. The number of nitrogens with two attached hydrogens (primary N) is 1. The van der Waals surface area contributed by atoms with Crippen molar-refractivity contribution in [3.8, 4) is 0 Å². The van der Waals surface area contributed by atoms with Crippen molar-refractivity contribution < 1.29 is 13.2 Å². The van der Waals surface area contributed by atoms with E-state index in [1.807, 2.05) is 0 Å². The Morgan fingerprint density at radius 2 is 2.24 bits per heavy atom. The quantitative estimate of drug-likeness (QED) is 0.763. The minimum Gasteiger partial charge on any atom is -0.380 e. The van der Waals surface area contributed by atoms with Crippen LogP contribution in [0.2, 0.25) is 0 Å². The lowest BCUT2D eigenvalue weighted by molar-refractivity contribution is 0.122. The number of sulfonamides is 1. The summed E-state index contributed by atoms with van der Waals surface area (Å²) < 4.78 is 31.6. The van der Waals surface area contributed by atoms with Crippen LogP contribution >= 0.6 is 11.3 Å². The number of hydrogen-bond acceptors (Lipinski definition) is 5. The Labute approximate surface area is 106 Å². The first-order valence-corrected chi connectivity index (χ1v) is 7.61. The van der Waals surface area contributed by atoms with Gasteiger partial charge in [0.25, 0.3) is 0 Å². The molecule has 0 amide bonds. The van der Waals surface area contributed by atoms with Gasteiger partial charge in [0.1, 0.15) is 4.21 Å². The van der Waals surface area contributed by atoms with Gasteiger partial charge >= 0.3 is 0 Å². The fourth-order valence-corrected chi connectivity index (χ4v) is 3.69. The van der Waals surface area contributed by atoms with Crippen molar-refractivity contribution in [3.05, 3.63) is 17.0 Å². The molecule has 1 heterocycles. The van der Waals surface area contributed by atoms with E-state index >= 15 is 0 Å². The normalized spacial score (nSPS) is 13.8. The Morgan fingerprint density at radius 3 is 2.82 bits per heavy atom. The van der Waals surface area contributed by atoms with Gasteiger partial charge in [0.15, 0.2) is 0 Å². The number of rotatable bonds is 7. The standard InChI is InChI=1S/C10H18N2O3S2/c1-8(15-2)7-12-17(13,14)10-4-3-9(16-10)5-6-11/h3-4,8,12H,5-7,11H2,1-2H3. The first kappa shape index (κ1) is 14.6. The SMILES string of the molecule is COC(C)CNS(=O)(=O)c1ccc(CCN)s1. The van der Waals surface area contributed by atoms with Crippen molar-refractivity contribution in [1.29, 1.82) is 0 Å². The molecule has 0 aromatic carbocycles. The maximum absolute atomic E-state index is 11.9. The summed E-state index contributed by atoms with van der Waals surface area (Å²) >= 11 is 1.25. The number of hydrogen-bond donors (Lipinski definition) is 2. The van der Waals surface area contributed by atoms with Gasteiger partial charge in [-0.25, -0.2) is 13.1 Å². The molecule has 1 aromatic rings. The molecule has 0 bridgehead atoms. The van der Waals surface area contributed by atoms with Gasteiger partial charge < -0.3 is 10.5 Å². The van der Waals surface area contributed by atoms with Crippen molar-refractivity contribution in [2.45, 2.75) is 23.7 Å². The van der Waals surface area contributed by atoms with Gasteiger partial charge in [-0.1, -0.05) is 0 Å². The average Bonchev–Trinajstić information content (AvgIpc) is 2.76. The highest BCUT2D eigenvalue weighted by Gasteiger charge is 2.17. The van der Waals surface area contributed by atoms with Crippen LogP contribution in [0.1, 0.15) is 11.8 Å². The summed E-state index contributed by atoms with van der Waals surface area (Å²) in [5, 5.41) is 0. The van der Waals surface area contributed by atoms with E-state index in [9.17, 15) is 8.42 Å². The van der Waals surface area contributed by atoms with Crippen LogP contribution in [0.4, 0.5) is 0 Å². The van der Waals surface area contributed by atoms with E-state index < -0.39 is 10.0 Å². The number of methoxy groups -OCH3 is 1. The molecular weight excluding hydrogens is 260 g/mol. The van der Waals surface area contributed by atoms with Crippen LogP contribution in [0.3, 0.4) is 0 Å². The maximum atomic E-state index is 11.9. The third kappa shape index (κ3) is 4.36. The van der Waals surface area contributed by atoms with E-state index in [0.29, 0.717) is 17.2 Å². The highest BCUT2D eigenvalue weighted by atomic mass is 32.2. The third-order valence-electron chi connectivity index (χ3n) is 2.26. The van der Waals surface area contributed by atoms with Gasteiger partial charge in [-0.15, -0.1) is 11.3 Å². The molecule has 0 aliphatic carbocycles. The van der Waals surface area contributed by atoms with Crippen molar-refractivity contribution in [1.82, 2.24) is 4.72 Å². The van der Waals surface area contributed by atoms with Crippen LogP contribution < -0.4 is 10.5 Å². The zero-order valence-electron chi connectivity index (χ0n) is 9.97. The van der Waals surface area contributed by atoms with Gasteiger partial charge in [0.05, 0.1) is 6.10 Å². The Morgan fingerprint density at radius 1 is 1.53 bits per heavy atom. The summed E-state index contributed by atoms with van der Waals surface area (Å²) in [7, 11) is -1.87. The van der Waals surface area contributed by atoms with Crippen LogP contribution in [-0.4, -0.2) is 34.7 Å². The summed E-state index contributed by atoms with van der Waals surface area (Å²) in [5.74, 6) is 0. The largest absolute Gasteiger partial charge is 0.380 e. The zero-order chi connectivity index (χ0) is 12.9. The van der Waals surface area contributed by atoms with E-state index in [1.165, 1.54) is 11.3 Å². The molecule has 0 aliphatic heterocycles. The molecule has 1 unspecified atom stereocenters. The summed E-state index contributed by atoms with van der Waals surface area (Å²) in [5.41, 5.74) is 5.42. The van der Waals surface area contributed by atoms with E-state index in [4.69, 9.17) is 10.5 Å². The monoisotopic (exact) mass is 278 g/mol. The first-order chi connectivity index (χ1) is 7.99. The van der Waals surface area contributed by atoms with Gasteiger partial charge in [-0.3, -0.25) is 0 Å². The van der Waals surface area contributed by atoms with Crippen LogP contribution in [0.25, 0.3) is 0 Å². The molecule has 0 saturated carbocycles. The highest BCUT2D eigenvalue weighted by molar-refractivity contribution is 7.91. The molecule has 5 nitrogen and oxygen atoms in total. The third-order valence-corrected chi connectivity index (χ3v) is 5.32. The number of ether oxygens (including phenoxy) is 1. The van der Waals surface area contributed by atoms with E-state index in [-0.39, 0.29) is 12.6 Å². The summed E-state index contributed by atoms with van der Waals surface area (Å²) in [4.78, 5) is 0.979.